The highest BCUT2D eigenvalue weighted by molar-refractivity contribution is 5.88. The number of carbonyl (C=O) groups excluding carboxylic acids is 1. The molecule has 19 heavy (non-hydrogen) atoms. The van der Waals surface area contributed by atoms with E-state index < -0.39 is 5.97 Å². The molecule has 0 bridgehead atoms. The number of hydrogen-bond donors (Lipinski definition) is 0. The lowest BCUT2D eigenvalue weighted by atomic mass is 10.2. The summed E-state index contributed by atoms with van der Waals surface area (Å²) < 4.78 is 6.57. The summed E-state index contributed by atoms with van der Waals surface area (Å²) in [5.74, 6) is -0.405. The fourth-order valence-corrected chi connectivity index (χ4v) is 2.03. The van der Waals surface area contributed by atoms with Crippen molar-refractivity contribution < 1.29 is 9.53 Å². The zero-order valence-electron chi connectivity index (χ0n) is 12.3. The van der Waals surface area contributed by atoms with Crippen molar-refractivity contribution >= 4 is 5.97 Å². The van der Waals surface area contributed by atoms with Crippen LogP contribution in [-0.2, 0) is 17.7 Å². The van der Waals surface area contributed by atoms with Gasteiger partial charge in [0.25, 0.3) is 0 Å². The molecule has 0 unspecified atom stereocenters. The lowest BCUT2D eigenvalue weighted by molar-refractivity contribution is 0.0592. The van der Waals surface area contributed by atoms with Crippen LogP contribution >= 0.6 is 0 Å². The number of hydrogen-bond acceptors (Lipinski definition) is 5. The van der Waals surface area contributed by atoms with Crippen LogP contribution in [-0.4, -0.2) is 52.6 Å². The normalized spacial score (nSPS) is 11.0. The van der Waals surface area contributed by atoms with Crippen molar-refractivity contribution in [3.05, 3.63) is 11.4 Å². The second-order valence-corrected chi connectivity index (χ2v) is 4.38. The average Bonchev–Trinajstić information content (AvgIpc) is 2.83. The number of nitrogens with zero attached hydrogens (tertiary/aromatic N) is 4. The lowest BCUT2D eigenvalue weighted by Gasteiger charge is -2.18. The Bertz CT molecular complexity index is 399. The third kappa shape index (κ3) is 4.02. The van der Waals surface area contributed by atoms with Gasteiger partial charge >= 0.3 is 5.97 Å². The van der Waals surface area contributed by atoms with Crippen LogP contribution < -0.4 is 0 Å². The molecule has 0 N–H and O–H groups in total. The van der Waals surface area contributed by atoms with E-state index in [9.17, 15) is 4.79 Å². The molecule has 0 spiro atoms. The molecule has 0 saturated heterocycles. The zero-order chi connectivity index (χ0) is 14.3. The molecule has 0 saturated carbocycles. The Kier molecular flexibility index (Phi) is 6.49. The van der Waals surface area contributed by atoms with Crippen molar-refractivity contribution in [2.24, 2.45) is 0 Å². The first-order valence-electron chi connectivity index (χ1n) is 6.90. The number of rotatable bonds is 8. The fraction of sp³-hybridized carbons (Fsp3) is 0.769. The molecule has 1 heterocycles. The number of methoxy groups -OCH3 is 1. The molecule has 108 valence electrons. The van der Waals surface area contributed by atoms with Gasteiger partial charge in [-0.25, -0.2) is 9.48 Å². The molecule has 1 aromatic rings. The topological polar surface area (TPSA) is 60.2 Å². The van der Waals surface area contributed by atoms with Crippen molar-refractivity contribution in [2.75, 3.05) is 26.7 Å². The highest BCUT2D eigenvalue weighted by Gasteiger charge is 2.19. The van der Waals surface area contributed by atoms with Crippen molar-refractivity contribution in [1.82, 2.24) is 19.9 Å². The number of carbonyl (C=O) groups is 1. The van der Waals surface area contributed by atoms with E-state index in [1.807, 2.05) is 4.68 Å². The Morgan fingerprint density at radius 2 is 2.00 bits per heavy atom. The molecule has 1 rings (SSSR count). The van der Waals surface area contributed by atoms with Gasteiger partial charge in [0.2, 0.25) is 0 Å². The molecule has 6 heteroatoms. The molecule has 0 atom stereocenters. The summed E-state index contributed by atoms with van der Waals surface area (Å²) in [6.45, 7) is 10.0. The summed E-state index contributed by atoms with van der Waals surface area (Å²) >= 11 is 0. The van der Waals surface area contributed by atoms with E-state index in [4.69, 9.17) is 4.74 Å². The van der Waals surface area contributed by atoms with E-state index in [2.05, 4.69) is 36.0 Å². The number of ether oxygens (including phenoxy) is 1. The van der Waals surface area contributed by atoms with Crippen molar-refractivity contribution in [3.8, 4) is 0 Å². The molecule has 0 fully saturated rings. The lowest BCUT2D eigenvalue weighted by Crippen LogP contribution is -2.28. The Labute approximate surface area is 114 Å². The van der Waals surface area contributed by atoms with Gasteiger partial charge < -0.3 is 9.64 Å². The third-order valence-corrected chi connectivity index (χ3v) is 3.23. The summed E-state index contributed by atoms with van der Waals surface area (Å²) in [4.78, 5) is 13.9. The molecule has 0 aliphatic rings. The molecule has 0 aromatic carbocycles. The predicted molar refractivity (Wildman–Crippen MR) is 73.1 cm³/mol. The van der Waals surface area contributed by atoms with Crippen LogP contribution in [0.2, 0.25) is 0 Å². The molecule has 6 nitrogen and oxygen atoms in total. The van der Waals surface area contributed by atoms with Gasteiger partial charge in [0.15, 0.2) is 5.69 Å². The zero-order valence-corrected chi connectivity index (χ0v) is 12.3. The van der Waals surface area contributed by atoms with Gasteiger partial charge in [-0.15, -0.1) is 5.10 Å². The molecule has 0 amide bonds. The van der Waals surface area contributed by atoms with Gasteiger partial charge in [0.1, 0.15) is 0 Å². The third-order valence-electron chi connectivity index (χ3n) is 3.23. The van der Waals surface area contributed by atoms with E-state index in [-0.39, 0.29) is 0 Å². The van der Waals surface area contributed by atoms with Crippen LogP contribution in [0.1, 0.15) is 43.4 Å². The van der Waals surface area contributed by atoms with Gasteiger partial charge in [0.05, 0.1) is 19.3 Å². The summed E-state index contributed by atoms with van der Waals surface area (Å²) in [6.07, 6.45) is 1.73. The van der Waals surface area contributed by atoms with Crippen LogP contribution in [0.3, 0.4) is 0 Å². The second-order valence-electron chi connectivity index (χ2n) is 4.38. The first-order valence-corrected chi connectivity index (χ1v) is 6.90. The van der Waals surface area contributed by atoms with Crippen LogP contribution in [0.4, 0.5) is 0 Å². The minimum absolute atomic E-state index is 0.351. The predicted octanol–water partition coefficient (Wildman–Crippen LogP) is 1.36. The van der Waals surface area contributed by atoms with Gasteiger partial charge in [-0.3, -0.25) is 0 Å². The molecule has 0 aliphatic heterocycles. The standard InChI is InChI=1S/C13H24N4O2/c1-5-8-11-12(13(18)19-4)14-15-17(11)10-9-16(6-2)7-3/h5-10H2,1-4H3. The highest BCUT2D eigenvalue weighted by Crippen LogP contribution is 2.10. The molecular weight excluding hydrogens is 244 g/mol. The summed E-state index contributed by atoms with van der Waals surface area (Å²) in [6, 6.07) is 0. The largest absolute Gasteiger partial charge is 0.464 e. The highest BCUT2D eigenvalue weighted by atomic mass is 16.5. The van der Waals surface area contributed by atoms with Gasteiger partial charge in [0, 0.05) is 6.54 Å². The van der Waals surface area contributed by atoms with Crippen LogP contribution in [0.25, 0.3) is 0 Å². The van der Waals surface area contributed by atoms with Crippen LogP contribution in [0.5, 0.6) is 0 Å². The van der Waals surface area contributed by atoms with Crippen molar-refractivity contribution in [1.29, 1.82) is 0 Å². The van der Waals surface area contributed by atoms with E-state index in [0.717, 1.165) is 44.7 Å². The second kappa shape index (κ2) is 7.89. The van der Waals surface area contributed by atoms with E-state index in [1.165, 1.54) is 7.11 Å². The maximum atomic E-state index is 11.6. The quantitative estimate of drug-likeness (QED) is 0.666. The van der Waals surface area contributed by atoms with Gasteiger partial charge in [-0.2, -0.15) is 0 Å². The first-order chi connectivity index (χ1) is 9.17. The average molecular weight is 268 g/mol. The minimum Gasteiger partial charge on any atom is -0.464 e. The maximum Gasteiger partial charge on any atom is 0.360 e. The number of likely N-dealkylation sites (N-methyl/N-ethyl adjacent to an activating group) is 1. The Morgan fingerprint density at radius 1 is 1.32 bits per heavy atom. The number of esters is 1. The van der Waals surface area contributed by atoms with Crippen molar-refractivity contribution in [3.63, 3.8) is 0 Å². The first kappa shape index (κ1) is 15.6. The summed E-state index contributed by atoms with van der Waals surface area (Å²) in [5.41, 5.74) is 1.23. The van der Waals surface area contributed by atoms with Crippen LogP contribution in [0, 0.1) is 0 Å². The monoisotopic (exact) mass is 268 g/mol. The molecule has 0 aliphatic carbocycles. The Balaban J connectivity index is 2.82. The Hall–Kier alpha value is -1.43. The van der Waals surface area contributed by atoms with Crippen molar-refractivity contribution in [2.45, 2.75) is 40.2 Å². The van der Waals surface area contributed by atoms with E-state index in [0.29, 0.717) is 5.69 Å². The minimum atomic E-state index is -0.405. The Morgan fingerprint density at radius 3 is 2.53 bits per heavy atom. The summed E-state index contributed by atoms with van der Waals surface area (Å²) in [5, 5.41) is 8.04. The van der Waals surface area contributed by atoms with Gasteiger partial charge in [-0.1, -0.05) is 32.4 Å². The van der Waals surface area contributed by atoms with E-state index >= 15 is 0 Å². The fourth-order valence-electron chi connectivity index (χ4n) is 2.03. The molecule has 1 aromatic heterocycles. The SMILES string of the molecule is CCCc1c(C(=O)OC)nnn1CCN(CC)CC. The summed E-state index contributed by atoms with van der Waals surface area (Å²) in [7, 11) is 1.37. The van der Waals surface area contributed by atoms with Gasteiger partial charge in [-0.05, 0) is 19.5 Å². The molecule has 0 radical (unpaired) electrons. The smallest absolute Gasteiger partial charge is 0.360 e. The molecular formula is C13H24N4O2. The van der Waals surface area contributed by atoms with Crippen LogP contribution in [0.15, 0.2) is 0 Å². The number of aromatic nitrogens is 3. The van der Waals surface area contributed by atoms with E-state index in [1.54, 1.807) is 0 Å². The maximum absolute atomic E-state index is 11.6.